The molecule has 6 unspecified atom stereocenters. The molecular formula is C56H68O16. The lowest BCUT2D eigenvalue weighted by molar-refractivity contribution is -0.152. The highest BCUT2D eigenvalue weighted by Gasteiger charge is 2.37. The van der Waals surface area contributed by atoms with E-state index in [9.17, 15) is 29.4 Å². The Morgan fingerprint density at radius 1 is 0.403 bits per heavy atom. The molecule has 2 saturated carbocycles. The summed E-state index contributed by atoms with van der Waals surface area (Å²) in [5.41, 5.74) is 5.36. The average molecular weight is 997 g/mol. The van der Waals surface area contributed by atoms with Gasteiger partial charge in [0.1, 0.15) is 69.4 Å². The highest BCUT2D eigenvalue weighted by atomic mass is 16.5. The fraction of sp³-hybridized carbons (Fsp3) is 0.500. The van der Waals surface area contributed by atoms with E-state index in [1.165, 1.54) is 0 Å². The third kappa shape index (κ3) is 10.8. The molecule has 0 spiro atoms. The number of carbonyl (C=O) groups excluding carboxylic acids is 4. The predicted molar refractivity (Wildman–Crippen MR) is 265 cm³/mol. The average Bonchev–Trinajstić information content (AvgIpc) is 4.05. The number of rotatable bonds is 20. The van der Waals surface area contributed by atoms with Gasteiger partial charge in [-0.25, -0.2) is 0 Å². The molecule has 4 aromatic carbocycles. The van der Waals surface area contributed by atoms with Crippen molar-refractivity contribution in [3.05, 3.63) is 93.0 Å². The Labute approximate surface area is 421 Å². The number of ketones is 2. The zero-order valence-corrected chi connectivity index (χ0v) is 42.6. The van der Waals surface area contributed by atoms with Crippen LogP contribution in [0, 0.1) is 11.8 Å². The van der Waals surface area contributed by atoms with Gasteiger partial charge < -0.3 is 57.6 Å². The summed E-state index contributed by atoms with van der Waals surface area (Å²) in [7, 11) is 12.5. The Bertz CT molecular complexity index is 2440. The van der Waals surface area contributed by atoms with Crippen molar-refractivity contribution in [2.75, 3.05) is 83.3 Å². The van der Waals surface area contributed by atoms with Crippen molar-refractivity contribution >= 4 is 23.5 Å². The molecule has 16 heteroatoms. The molecule has 16 nitrogen and oxygen atoms in total. The first kappa shape index (κ1) is 53.3. The van der Waals surface area contributed by atoms with Gasteiger partial charge in [-0.2, -0.15) is 0 Å². The van der Waals surface area contributed by atoms with Gasteiger partial charge in [-0.1, -0.05) is 0 Å². The molecule has 7 rings (SSSR count). The SMILES string of the molecule is COc1cc(OC)c2cc1C(CCO)c1cc(c(OC)cc1OC)C(CCOC(=O)C1CCCC1=O)c1cc(c(OC)cc1OC)C(CCOC(=O)C1CCCC1=O)c1cc(c(OC)cc1OC)C2CCO. The van der Waals surface area contributed by atoms with Gasteiger partial charge in [0.15, 0.2) is 0 Å². The number of aliphatic hydroxyl groups is 2. The molecule has 0 saturated heterocycles. The van der Waals surface area contributed by atoms with Crippen LogP contribution in [-0.4, -0.2) is 117 Å². The number of carbonyl (C=O) groups is 4. The minimum absolute atomic E-state index is 0.0841. The summed E-state index contributed by atoms with van der Waals surface area (Å²) in [6.45, 7) is -0.617. The maximum Gasteiger partial charge on any atom is 0.316 e. The number of aliphatic hydroxyl groups excluding tert-OH is 2. The van der Waals surface area contributed by atoms with Crippen LogP contribution in [0.1, 0.15) is 132 Å². The molecule has 3 aliphatic rings. The van der Waals surface area contributed by atoms with Crippen LogP contribution in [0.2, 0.25) is 0 Å². The van der Waals surface area contributed by atoms with E-state index in [2.05, 4.69) is 0 Å². The summed E-state index contributed by atoms with van der Waals surface area (Å²) in [4.78, 5) is 52.4. The molecule has 8 bridgehead atoms. The highest BCUT2D eigenvalue weighted by Crippen LogP contribution is 2.53. The highest BCUT2D eigenvalue weighted by molar-refractivity contribution is 6.01. The van der Waals surface area contributed by atoms with Gasteiger partial charge in [0.2, 0.25) is 0 Å². The van der Waals surface area contributed by atoms with E-state index in [1.54, 1.807) is 81.1 Å². The van der Waals surface area contributed by atoms with Crippen molar-refractivity contribution < 1.29 is 76.8 Å². The molecule has 388 valence electrons. The van der Waals surface area contributed by atoms with Crippen LogP contribution in [0.5, 0.6) is 46.0 Å². The number of ether oxygens (including phenoxy) is 10. The molecule has 0 heterocycles. The standard InChI is InChI=1S/C56H68O16/c1-63-47-27-48(64-2)38-23-37(47)31(15-19-57)39-24-41(51(67-5)28-49(39)65-3)33(17-21-71-55(61)35-11-9-13-45(35)59)43-26-44(54(70-8)30-53(43)69-7)34(18-22-72-56(62)36-12-10-14-46(36)60)42-25-40(32(38)16-20-58)50(66-4)29-52(42)68-6/h23-36,57-58H,9-22H2,1-8H3. The van der Waals surface area contributed by atoms with Crippen LogP contribution in [-0.2, 0) is 28.7 Å². The van der Waals surface area contributed by atoms with E-state index in [1.807, 2.05) is 24.3 Å². The molecule has 0 amide bonds. The van der Waals surface area contributed by atoms with Gasteiger partial charge in [-0.3, -0.25) is 19.2 Å². The lowest BCUT2D eigenvalue weighted by Crippen LogP contribution is -2.23. The van der Waals surface area contributed by atoms with Gasteiger partial charge in [0.25, 0.3) is 0 Å². The molecule has 0 aromatic heterocycles. The molecular weight excluding hydrogens is 929 g/mol. The Kier molecular flexibility index (Phi) is 18.0. The zero-order valence-electron chi connectivity index (χ0n) is 42.6. The second kappa shape index (κ2) is 24.3. The molecule has 72 heavy (non-hydrogen) atoms. The molecule has 3 aliphatic carbocycles. The molecule has 2 fully saturated rings. The smallest absolute Gasteiger partial charge is 0.316 e. The van der Waals surface area contributed by atoms with Crippen molar-refractivity contribution in [1.82, 2.24) is 0 Å². The van der Waals surface area contributed by atoms with Gasteiger partial charge >= 0.3 is 11.9 Å². The third-order valence-electron chi connectivity index (χ3n) is 14.6. The summed E-state index contributed by atoms with van der Waals surface area (Å²) in [6, 6.07) is 15.1. The number of hydrogen-bond donors (Lipinski definition) is 2. The van der Waals surface area contributed by atoms with Crippen LogP contribution in [0.3, 0.4) is 0 Å². The zero-order chi connectivity index (χ0) is 51.6. The summed E-state index contributed by atoms with van der Waals surface area (Å²) in [6.07, 6.45) is 3.59. The van der Waals surface area contributed by atoms with Gasteiger partial charge in [0, 0.05) is 119 Å². The first-order chi connectivity index (χ1) is 34.9. The first-order valence-corrected chi connectivity index (χ1v) is 24.6. The molecule has 0 aliphatic heterocycles. The number of Topliss-reactive ketones (excluding diaryl/α,β-unsaturated/α-hetero) is 2. The minimum Gasteiger partial charge on any atom is -0.496 e. The van der Waals surface area contributed by atoms with Crippen LogP contribution in [0.25, 0.3) is 0 Å². The fourth-order valence-electron chi connectivity index (χ4n) is 11.0. The maximum atomic E-state index is 13.5. The Morgan fingerprint density at radius 2 is 0.639 bits per heavy atom. The summed E-state index contributed by atoms with van der Waals surface area (Å²) in [5.74, 6) is -1.88. The fourth-order valence-corrected chi connectivity index (χ4v) is 11.0. The van der Waals surface area contributed by atoms with Crippen molar-refractivity contribution in [3.8, 4) is 46.0 Å². The Morgan fingerprint density at radius 3 is 0.833 bits per heavy atom. The van der Waals surface area contributed by atoms with E-state index in [0.29, 0.717) is 129 Å². The van der Waals surface area contributed by atoms with E-state index >= 15 is 0 Å². The van der Waals surface area contributed by atoms with Gasteiger partial charge in [-0.15, -0.1) is 0 Å². The van der Waals surface area contributed by atoms with E-state index in [0.717, 1.165) is 0 Å². The first-order valence-electron chi connectivity index (χ1n) is 24.6. The monoisotopic (exact) mass is 996 g/mol. The molecule has 2 N–H and O–H groups in total. The van der Waals surface area contributed by atoms with Gasteiger partial charge in [0.05, 0.1) is 70.1 Å². The second-order valence-corrected chi connectivity index (χ2v) is 18.3. The Hall–Kier alpha value is -6.52. The maximum absolute atomic E-state index is 13.5. The number of esters is 2. The van der Waals surface area contributed by atoms with E-state index < -0.39 is 47.4 Å². The van der Waals surface area contributed by atoms with Crippen LogP contribution < -0.4 is 37.9 Å². The van der Waals surface area contributed by atoms with Crippen molar-refractivity contribution in [2.24, 2.45) is 11.8 Å². The van der Waals surface area contributed by atoms with Crippen LogP contribution in [0.4, 0.5) is 0 Å². The lowest BCUT2D eigenvalue weighted by atomic mass is 9.77. The number of benzene rings is 4. The second-order valence-electron chi connectivity index (χ2n) is 18.3. The number of methoxy groups -OCH3 is 8. The van der Waals surface area contributed by atoms with E-state index in [-0.39, 0.29) is 63.7 Å². The van der Waals surface area contributed by atoms with Crippen LogP contribution in [0.15, 0.2) is 48.5 Å². The van der Waals surface area contributed by atoms with Crippen molar-refractivity contribution in [1.29, 1.82) is 0 Å². The summed E-state index contributed by atoms with van der Waals surface area (Å²) < 4.78 is 61.2. The van der Waals surface area contributed by atoms with Gasteiger partial charge in [-0.05, 0) is 75.6 Å². The predicted octanol–water partition coefficient (Wildman–Crippen LogP) is 7.97. The number of fused-ring (bicyclic) bond motifs is 8. The normalized spacial score (nSPS) is 20.4. The molecule has 6 atom stereocenters. The largest absolute Gasteiger partial charge is 0.496 e. The third-order valence-corrected chi connectivity index (χ3v) is 14.6. The Balaban J connectivity index is 1.57. The van der Waals surface area contributed by atoms with E-state index in [4.69, 9.17) is 47.4 Å². The summed E-state index contributed by atoms with van der Waals surface area (Å²) >= 11 is 0. The topological polar surface area (TPSA) is 201 Å². The summed E-state index contributed by atoms with van der Waals surface area (Å²) in [5, 5.41) is 21.8. The molecule has 4 aromatic rings. The number of hydrogen-bond acceptors (Lipinski definition) is 16. The quantitative estimate of drug-likeness (QED) is 0.0637. The molecule has 0 radical (unpaired) electrons. The lowest BCUT2D eigenvalue weighted by Gasteiger charge is -2.31. The van der Waals surface area contributed by atoms with Crippen LogP contribution >= 0.6 is 0 Å². The van der Waals surface area contributed by atoms with Crippen molar-refractivity contribution in [2.45, 2.75) is 87.9 Å². The minimum atomic E-state index is -0.821. The van der Waals surface area contributed by atoms with Crippen molar-refractivity contribution in [3.63, 3.8) is 0 Å².